The van der Waals surface area contributed by atoms with E-state index < -0.39 is 23.8 Å². The highest BCUT2D eigenvalue weighted by molar-refractivity contribution is 5.76. The molecule has 0 bridgehead atoms. The summed E-state index contributed by atoms with van der Waals surface area (Å²) in [7, 11) is 1.52. The van der Waals surface area contributed by atoms with Crippen molar-refractivity contribution in [2.75, 3.05) is 18.0 Å². The number of nitrogens with zero attached hydrogens (tertiary/aromatic N) is 6. The van der Waals surface area contributed by atoms with Crippen molar-refractivity contribution in [2.45, 2.75) is 45.5 Å². The number of carbonyl (C=O) groups is 1. The molecule has 1 unspecified atom stereocenters. The lowest BCUT2D eigenvalue weighted by molar-refractivity contribution is -0.145. The maximum Gasteiger partial charge on any atom is 0.333 e. The van der Waals surface area contributed by atoms with Crippen LogP contribution in [0.4, 0.5) is 5.95 Å². The number of aromatic nitrogens is 5. The van der Waals surface area contributed by atoms with E-state index in [0.717, 1.165) is 24.0 Å². The zero-order valence-electron chi connectivity index (χ0n) is 19.2. The smallest absolute Gasteiger partial charge is 0.333 e. The third-order valence-corrected chi connectivity index (χ3v) is 5.78. The maximum absolute atomic E-state index is 13.4. The van der Waals surface area contributed by atoms with Crippen molar-refractivity contribution in [1.82, 2.24) is 23.7 Å². The summed E-state index contributed by atoms with van der Waals surface area (Å²) in [5.41, 5.74) is 6.04. The first-order chi connectivity index (χ1) is 16.4. The largest absolute Gasteiger partial charge is 0.459 e. The molecule has 1 aliphatic rings. The number of nitrogens with two attached hydrogens (primary N) is 1. The summed E-state index contributed by atoms with van der Waals surface area (Å²) >= 11 is 0. The first-order valence-corrected chi connectivity index (χ1v) is 11.1. The van der Waals surface area contributed by atoms with Crippen LogP contribution >= 0.6 is 0 Å². The van der Waals surface area contributed by atoms with Crippen LogP contribution in [0.5, 0.6) is 0 Å². The Balaban J connectivity index is 1.73. The van der Waals surface area contributed by atoms with Crippen molar-refractivity contribution in [1.29, 1.82) is 0 Å². The number of rotatable bonds is 6. The molecule has 0 spiro atoms. The fourth-order valence-electron chi connectivity index (χ4n) is 4.06. The van der Waals surface area contributed by atoms with E-state index in [2.05, 4.69) is 21.8 Å². The summed E-state index contributed by atoms with van der Waals surface area (Å²) in [5.74, 6) is 5.65. The number of pyridine rings is 1. The molecule has 4 rings (SSSR count). The molecule has 0 amide bonds. The molecule has 0 saturated carbocycles. The van der Waals surface area contributed by atoms with Crippen molar-refractivity contribution < 1.29 is 9.53 Å². The summed E-state index contributed by atoms with van der Waals surface area (Å²) in [4.78, 5) is 49.5. The number of hydrogen-bond donors (Lipinski definition) is 1. The third kappa shape index (κ3) is 4.58. The number of ether oxygens (including phenoxy) is 1. The molecule has 178 valence electrons. The highest BCUT2D eigenvalue weighted by Crippen LogP contribution is 2.22. The van der Waals surface area contributed by atoms with Gasteiger partial charge < -0.3 is 15.4 Å². The van der Waals surface area contributed by atoms with Gasteiger partial charge in [0.1, 0.15) is 13.2 Å². The Kier molecular flexibility index (Phi) is 6.79. The molecule has 1 atom stereocenters. The monoisotopic (exact) mass is 465 g/mol. The van der Waals surface area contributed by atoms with E-state index >= 15 is 0 Å². The van der Waals surface area contributed by atoms with Crippen LogP contribution in [0.25, 0.3) is 11.2 Å². The van der Waals surface area contributed by atoms with Crippen LogP contribution in [0, 0.1) is 11.8 Å². The number of aryl methyl sites for hydroxylation is 1. The second kappa shape index (κ2) is 9.93. The fraction of sp³-hybridized carbons (Fsp3) is 0.435. The number of anilines is 1. The van der Waals surface area contributed by atoms with Gasteiger partial charge in [0.2, 0.25) is 5.95 Å². The van der Waals surface area contributed by atoms with E-state index in [1.807, 2.05) is 4.90 Å². The second-order valence-corrected chi connectivity index (χ2v) is 8.20. The predicted octanol–water partition coefficient (Wildman–Crippen LogP) is -0.0141. The first kappa shape index (κ1) is 23.3. The molecule has 3 aromatic heterocycles. The lowest BCUT2D eigenvalue weighted by Gasteiger charge is -2.31. The van der Waals surface area contributed by atoms with Gasteiger partial charge in [0, 0.05) is 44.1 Å². The molecule has 11 heteroatoms. The van der Waals surface area contributed by atoms with Crippen LogP contribution in [0.15, 0.2) is 34.1 Å². The second-order valence-electron chi connectivity index (χ2n) is 8.20. The number of carbonyl (C=O) groups excluding carboxylic acids is 1. The van der Waals surface area contributed by atoms with Crippen LogP contribution in [-0.2, 0) is 36.3 Å². The Bertz CT molecular complexity index is 1380. The SMILES string of the molecule is CC#CCn1c(N2CCCC(N)C2)nc2c1c(=O)n(CC(=O)OCc1cccnc1)c(=O)n2C. The van der Waals surface area contributed by atoms with Crippen LogP contribution in [-0.4, -0.2) is 48.8 Å². The van der Waals surface area contributed by atoms with Crippen LogP contribution in [0.2, 0.25) is 0 Å². The van der Waals surface area contributed by atoms with Gasteiger partial charge in [0.05, 0.1) is 6.54 Å². The lowest BCUT2D eigenvalue weighted by Crippen LogP contribution is -2.44. The molecular weight excluding hydrogens is 438 g/mol. The van der Waals surface area contributed by atoms with Gasteiger partial charge in [-0.05, 0) is 25.8 Å². The van der Waals surface area contributed by atoms with Crippen LogP contribution in [0.1, 0.15) is 25.3 Å². The zero-order chi connectivity index (χ0) is 24.2. The van der Waals surface area contributed by atoms with Gasteiger partial charge >= 0.3 is 11.7 Å². The molecule has 34 heavy (non-hydrogen) atoms. The quantitative estimate of drug-likeness (QED) is 0.397. The zero-order valence-corrected chi connectivity index (χ0v) is 19.2. The van der Waals surface area contributed by atoms with Gasteiger partial charge in [0.25, 0.3) is 5.56 Å². The molecule has 1 aliphatic heterocycles. The molecule has 1 saturated heterocycles. The number of piperidine rings is 1. The Hall–Kier alpha value is -3.91. The minimum Gasteiger partial charge on any atom is -0.459 e. The average Bonchev–Trinajstić information content (AvgIpc) is 3.23. The summed E-state index contributed by atoms with van der Waals surface area (Å²) < 4.78 is 9.09. The minimum atomic E-state index is -0.705. The topological polar surface area (TPSA) is 130 Å². The van der Waals surface area contributed by atoms with E-state index in [1.54, 1.807) is 36.0 Å². The van der Waals surface area contributed by atoms with E-state index in [1.165, 1.54) is 11.6 Å². The molecule has 1 fully saturated rings. The van der Waals surface area contributed by atoms with Crippen LogP contribution < -0.4 is 21.9 Å². The fourth-order valence-corrected chi connectivity index (χ4v) is 4.06. The highest BCUT2D eigenvalue weighted by atomic mass is 16.5. The molecule has 0 aromatic carbocycles. The maximum atomic E-state index is 13.4. The van der Waals surface area contributed by atoms with Crippen LogP contribution in [0.3, 0.4) is 0 Å². The van der Waals surface area contributed by atoms with Gasteiger partial charge in [-0.15, -0.1) is 5.92 Å². The standard InChI is InChI=1S/C23H27N7O4/c1-3-4-11-29-19-20(26-22(29)28-10-6-8-17(24)13-28)27(2)23(33)30(21(19)32)14-18(31)34-15-16-7-5-9-25-12-16/h5,7,9,12,17H,6,8,10-11,13-15,24H2,1-2H3. The van der Waals surface area contributed by atoms with E-state index in [-0.39, 0.29) is 30.4 Å². The summed E-state index contributed by atoms with van der Waals surface area (Å²) in [6.07, 6.45) is 5.00. The Morgan fingerprint density at radius 1 is 1.32 bits per heavy atom. The van der Waals surface area contributed by atoms with Gasteiger partial charge in [-0.1, -0.05) is 12.0 Å². The normalized spacial score (nSPS) is 15.7. The highest BCUT2D eigenvalue weighted by Gasteiger charge is 2.26. The van der Waals surface area contributed by atoms with Gasteiger partial charge in [-0.3, -0.25) is 23.7 Å². The summed E-state index contributed by atoms with van der Waals surface area (Å²) in [5, 5.41) is 0. The predicted molar refractivity (Wildman–Crippen MR) is 126 cm³/mol. The average molecular weight is 466 g/mol. The lowest BCUT2D eigenvalue weighted by atomic mass is 10.1. The van der Waals surface area contributed by atoms with Crippen molar-refractivity contribution in [3.8, 4) is 11.8 Å². The minimum absolute atomic E-state index is 0.00525. The molecular formula is C23H27N7O4. The molecule has 4 heterocycles. The number of esters is 1. The molecule has 0 aliphatic carbocycles. The van der Waals surface area contributed by atoms with Gasteiger partial charge in [-0.25, -0.2) is 9.36 Å². The van der Waals surface area contributed by atoms with Crippen molar-refractivity contribution in [3.63, 3.8) is 0 Å². The Morgan fingerprint density at radius 2 is 2.15 bits per heavy atom. The van der Waals surface area contributed by atoms with Gasteiger partial charge in [0.15, 0.2) is 11.2 Å². The number of imidazole rings is 1. The Labute approximate surface area is 195 Å². The van der Waals surface area contributed by atoms with E-state index in [4.69, 9.17) is 10.5 Å². The number of hydrogen-bond acceptors (Lipinski definition) is 8. The Morgan fingerprint density at radius 3 is 2.85 bits per heavy atom. The molecule has 0 radical (unpaired) electrons. The number of fused-ring (bicyclic) bond motifs is 1. The summed E-state index contributed by atoms with van der Waals surface area (Å²) in [6, 6.07) is 3.48. The molecule has 2 N–H and O–H groups in total. The van der Waals surface area contributed by atoms with Crippen molar-refractivity contribution >= 4 is 23.1 Å². The van der Waals surface area contributed by atoms with Crippen molar-refractivity contribution in [3.05, 3.63) is 50.9 Å². The van der Waals surface area contributed by atoms with Gasteiger partial charge in [-0.2, -0.15) is 4.98 Å². The first-order valence-electron chi connectivity index (χ1n) is 11.1. The molecule has 11 nitrogen and oxygen atoms in total. The van der Waals surface area contributed by atoms with Crippen molar-refractivity contribution in [2.24, 2.45) is 12.8 Å². The third-order valence-electron chi connectivity index (χ3n) is 5.78. The summed E-state index contributed by atoms with van der Waals surface area (Å²) in [6.45, 7) is 2.73. The van der Waals surface area contributed by atoms with E-state index in [9.17, 15) is 14.4 Å². The van der Waals surface area contributed by atoms with E-state index in [0.29, 0.717) is 18.1 Å². The molecule has 3 aromatic rings.